The van der Waals surface area contributed by atoms with Gasteiger partial charge in [-0.05, 0) is 13.0 Å². The first-order chi connectivity index (χ1) is 6.33. The van der Waals surface area contributed by atoms with Gasteiger partial charge in [-0.2, -0.15) is 0 Å². The minimum absolute atomic E-state index is 0.427. The zero-order valence-corrected chi connectivity index (χ0v) is 7.99. The average molecular weight is 186 g/mol. The van der Waals surface area contributed by atoms with E-state index < -0.39 is 6.16 Å². The van der Waals surface area contributed by atoms with Crippen LogP contribution in [0.25, 0.3) is 0 Å². The molecule has 4 nitrogen and oxygen atoms in total. The fraction of sp³-hybridized carbons (Fsp3) is 0.778. The van der Waals surface area contributed by atoms with Crippen LogP contribution in [0.15, 0.2) is 0 Å². The Morgan fingerprint density at radius 2 is 2.54 bits per heavy atom. The molecule has 1 heterocycles. The second-order valence-corrected chi connectivity index (χ2v) is 3.04. The molecule has 0 saturated heterocycles. The molecular formula is C9H16NO3+. The molecule has 0 N–H and O–H groups in total. The molecule has 0 aromatic carbocycles. The Balaban J connectivity index is 2.31. The van der Waals surface area contributed by atoms with Crippen LogP contribution in [0, 0.1) is 0 Å². The van der Waals surface area contributed by atoms with Crippen molar-refractivity contribution < 1.29 is 14.0 Å². The highest BCUT2D eigenvalue weighted by molar-refractivity contribution is 5.64. The number of hydrogen-bond donors (Lipinski definition) is 0. The van der Waals surface area contributed by atoms with Crippen molar-refractivity contribution >= 4 is 12.4 Å². The lowest BCUT2D eigenvalue weighted by Gasteiger charge is -2.17. The van der Waals surface area contributed by atoms with E-state index >= 15 is 0 Å². The van der Waals surface area contributed by atoms with Gasteiger partial charge in [0, 0.05) is 4.79 Å². The third kappa shape index (κ3) is 4.03. The fourth-order valence-corrected chi connectivity index (χ4v) is 1.18. The van der Waals surface area contributed by atoms with E-state index in [2.05, 4.69) is 16.2 Å². The van der Waals surface area contributed by atoms with Crippen LogP contribution in [-0.4, -0.2) is 43.6 Å². The largest absolute Gasteiger partial charge is 0.783 e. The highest BCUT2D eigenvalue weighted by atomic mass is 16.7. The lowest BCUT2D eigenvalue weighted by molar-refractivity contribution is -0.366. The van der Waals surface area contributed by atoms with Gasteiger partial charge in [0.1, 0.15) is 0 Å². The molecule has 0 amide bonds. The molecule has 0 radical (unpaired) electrons. The lowest BCUT2D eigenvalue weighted by atomic mass is 10.3. The summed E-state index contributed by atoms with van der Waals surface area (Å²) in [4.78, 5) is 12.9. The van der Waals surface area contributed by atoms with Crippen LogP contribution < -0.4 is 0 Å². The van der Waals surface area contributed by atoms with Gasteiger partial charge < -0.3 is 4.74 Å². The summed E-state index contributed by atoms with van der Waals surface area (Å²) in [6.07, 6.45) is 3.26. The van der Waals surface area contributed by atoms with Crippen LogP contribution in [0.5, 0.6) is 0 Å². The summed E-state index contributed by atoms with van der Waals surface area (Å²) in [5, 5.41) is 0. The first-order valence-electron chi connectivity index (χ1n) is 4.70. The number of unbranched alkanes of at least 4 members (excludes halogenated alkanes) is 1. The van der Waals surface area contributed by atoms with E-state index in [1.54, 1.807) is 0 Å². The normalized spacial score (nSPS) is 19.3. The van der Waals surface area contributed by atoms with Crippen molar-refractivity contribution in [1.29, 1.82) is 0 Å². The summed E-state index contributed by atoms with van der Waals surface area (Å²) in [6.45, 7) is 5.12. The third-order valence-electron chi connectivity index (χ3n) is 1.97. The van der Waals surface area contributed by atoms with E-state index in [9.17, 15) is 4.79 Å². The van der Waals surface area contributed by atoms with Gasteiger partial charge in [0.15, 0.2) is 12.9 Å². The molecule has 0 atom stereocenters. The van der Waals surface area contributed by atoms with Crippen LogP contribution in [0.2, 0.25) is 0 Å². The number of aldehydes is 1. The summed E-state index contributed by atoms with van der Waals surface area (Å²) in [5.41, 5.74) is 0. The minimum atomic E-state index is -0.588. The summed E-state index contributed by atoms with van der Waals surface area (Å²) in [6, 6.07) is 0. The average Bonchev–Trinajstić information content (AvgIpc) is 2.09. The predicted molar refractivity (Wildman–Crippen MR) is 48.8 cm³/mol. The van der Waals surface area contributed by atoms with Crippen LogP contribution in [0.4, 0.5) is 4.79 Å². The number of carbonyl (C=O) groups excluding carboxylic acids is 2. The minimum Gasteiger partial charge on any atom is -0.314 e. The molecule has 13 heavy (non-hydrogen) atoms. The van der Waals surface area contributed by atoms with E-state index in [0.717, 1.165) is 13.1 Å². The zero-order chi connectivity index (χ0) is 9.52. The molecule has 1 rings (SSSR count). The number of rotatable bonds is 3. The fourth-order valence-electron chi connectivity index (χ4n) is 1.18. The molecular weight excluding hydrogens is 170 g/mol. The van der Waals surface area contributed by atoms with Crippen molar-refractivity contribution in [1.82, 2.24) is 4.90 Å². The molecule has 0 aliphatic carbocycles. The van der Waals surface area contributed by atoms with E-state index in [1.165, 1.54) is 19.1 Å². The number of nitrogens with zero attached hydrogens (tertiary/aromatic N) is 1. The highest BCUT2D eigenvalue weighted by Crippen LogP contribution is 1.95. The maximum absolute atomic E-state index is 10.7. The molecule has 4 heteroatoms. The van der Waals surface area contributed by atoms with E-state index in [4.69, 9.17) is 4.74 Å². The molecule has 0 unspecified atom stereocenters. The number of carbonyl (C=O) groups is 1. The quantitative estimate of drug-likeness (QED) is 0.374. The Hall–Kier alpha value is -0.900. The summed E-state index contributed by atoms with van der Waals surface area (Å²) in [7, 11) is 0. The van der Waals surface area contributed by atoms with E-state index in [0.29, 0.717) is 13.2 Å². The molecule has 0 aromatic heterocycles. The smallest absolute Gasteiger partial charge is 0.314 e. The van der Waals surface area contributed by atoms with Gasteiger partial charge in [-0.1, -0.05) is 13.3 Å². The monoisotopic (exact) mass is 186 g/mol. The molecule has 0 fully saturated rings. The van der Waals surface area contributed by atoms with Gasteiger partial charge in [0.05, 0.1) is 13.1 Å². The number of hydrogen-bond acceptors (Lipinski definition) is 3. The zero-order valence-electron chi connectivity index (χ0n) is 7.99. The summed E-state index contributed by atoms with van der Waals surface area (Å²) >= 11 is 0. The molecule has 74 valence electrons. The molecule has 0 spiro atoms. The highest BCUT2D eigenvalue weighted by Gasteiger charge is 2.18. The Morgan fingerprint density at radius 1 is 1.69 bits per heavy atom. The Bertz CT molecular complexity index is 191. The van der Waals surface area contributed by atoms with Crippen molar-refractivity contribution in [2.45, 2.75) is 19.8 Å². The number of ether oxygens (including phenoxy) is 1. The van der Waals surface area contributed by atoms with Crippen LogP contribution in [-0.2, 0) is 9.16 Å². The molecule has 0 bridgehead atoms. The number of cyclic esters (lactones) is 1. The van der Waals surface area contributed by atoms with Crippen molar-refractivity contribution in [3.05, 3.63) is 0 Å². The third-order valence-corrected chi connectivity index (χ3v) is 1.97. The standard InChI is InChI=1S/C9H16NO3/c1-2-3-4-10-5-7-12-9(11)13-8-6-10/h7H,2-6,8H2,1H3/q+1. The second kappa shape index (κ2) is 5.70. The van der Waals surface area contributed by atoms with Crippen molar-refractivity contribution in [3.63, 3.8) is 0 Å². The van der Waals surface area contributed by atoms with Gasteiger partial charge in [-0.15, -0.1) is 0 Å². The van der Waals surface area contributed by atoms with Crippen LogP contribution in [0.1, 0.15) is 19.8 Å². The summed E-state index contributed by atoms with van der Waals surface area (Å²) < 4.78 is 9.42. The first-order valence-corrected chi connectivity index (χ1v) is 4.70. The molecule has 1 aliphatic rings. The van der Waals surface area contributed by atoms with Gasteiger partial charge in [0.25, 0.3) is 0 Å². The van der Waals surface area contributed by atoms with Crippen molar-refractivity contribution in [2.24, 2.45) is 0 Å². The lowest BCUT2D eigenvalue weighted by Crippen LogP contribution is -2.33. The van der Waals surface area contributed by atoms with E-state index in [-0.39, 0.29) is 0 Å². The Kier molecular flexibility index (Phi) is 4.46. The van der Waals surface area contributed by atoms with Crippen LogP contribution >= 0.6 is 0 Å². The summed E-state index contributed by atoms with van der Waals surface area (Å²) in [5.74, 6) is 0. The predicted octanol–water partition coefficient (Wildman–Crippen LogP) is 0.973. The molecule has 0 saturated carbocycles. The van der Waals surface area contributed by atoms with E-state index in [1.807, 2.05) is 0 Å². The topological polar surface area (TPSA) is 40.8 Å². The maximum atomic E-state index is 10.7. The van der Waals surface area contributed by atoms with Gasteiger partial charge >= 0.3 is 6.16 Å². The second-order valence-electron chi connectivity index (χ2n) is 3.04. The van der Waals surface area contributed by atoms with Crippen molar-refractivity contribution in [3.8, 4) is 0 Å². The van der Waals surface area contributed by atoms with Gasteiger partial charge in [0.2, 0.25) is 0 Å². The van der Waals surface area contributed by atoms with Crippen molar-refractivity contribution in [2.75, 3.05) is 26.2 Å². The van der Waals surface area contributed by atoms with Crippen LogP contribution in [0.3, 0.4) is 0 Å². The molecule has 0 aromatic rings. The van der Waals surface area contributed by atoms with Gasteiger partial charge in [-0.3, -0.25) is 9.32 Å². The SMILES string of the molecule is CCCCN1CC=[O+]C(=O)OCC1. The van der Waals surface area contributed by atoms with Gasteiger partial charge in [-0.25, -0.2) is 0 Å². The first kappa shape index (κ1) is 10.2. The Morgan fingerprint density at radius 3 is 3.31 bits per heavy atom. The maximum Gasteiger partial charge on any atom is 0.783 e. The molecule has 1 aliphatic heterocycles. The Labute approximate surface area is 78.2 Å².